The third kappa shape index (κ3) is 3.87. The molecule has 0 aliphatic rings. The van der Waals surface area contributed by atoms with Crippen LogP contribution in [0.3, 0.4) is 0 Å². The van der Waals surface area contributed by atoms with E-state index in [1.54, 1.807) is 12.1 Å². The number of hydrogen-bond acceptors (Lipinski definition) is 2. The van der Waals surface area contributed by atoms with Crippen LogP contribution in [0.25, 0.3) is 0 Å². The Bertz CT molecular complexity index is 540. The largest absolute Gasteiger partial charge is 0.310 e. The predicted octanol–water partition coefficient (Wildman–Crippen LogP) is 3.81. The molecule has 0 aliphatic carbocycles. The third-order valence-electron chi connectivity index (χ3n) is 3.53. The van der Waals surface area contributed by atoms with E-state index in [0.717, 1.165) is 24.9 Å². The molecule has 0 saturated carbocycles. The van der Waals surface area contributed by atoms with Crippen molar-refractivity contribution in [2.75, 3.05) is 6.54 Å². The summed E-state index contributed by atoms with van der Waals surface area (Å²) in [7, 11) is 0. The summed E-state index contributed by atoms with van der Waals surface area (Å²) in [6, 6.07) is 9.38. The van der Waals surface area contributed by atoms with Crippen molar-refractivity contribution in [2.24, 2.45) is 0 Å². The summed E-state index contributed by atoms with van der Waals surface area (Å²) < 4.78 is 13.2. The lowest BCUT2D eigenvalue weighted by Gasteiger charge is -2.20. The highest BCUT2D eigenvalue weighted by Gasteiger charge is 2.13. The van der Waals surface area contributed by atoms with E-state index in [1.165, 1.54) is 11.1 Å². The van der Waals surface area contributed by atoms with Crippen molar-refractivity contribution < 1.29 is 4.39 Å². The molecule has 106 valence electrons. The quantitative estimate of drug-likeness (QED) is 0.865. The summed E-state index contributed by atoms with van der Waals surface area (Å²) in [5.74, 6) is -0.171. The Morgan fingerprint density at radius 2 is 1.95 bits per heavy atom. The number of aromatic nitrogens is 1. The molecule has 20 heavy (non-hydrogen) atoms. The van der Waals surface area contributed by atoms with Crippen molar-refractivity contribution in [1.82, 2.24) is 10.3 Å². The van der Waals surface area contributed by atoms with Crippen LogP contribution in [-0.2, 0) is 6.42 Å². The lowest BCUT2D eigenvalue weighted by Crippen LogP contribution is -2.22. The standard InChI is InChI=1S/C17H21FN2/c1-3-20-17(7-4-14-8-10-19-11-9-14)16-6-5-15(18)12-13(16)2/h5-6,8-12,17,20H,3-4,7H2,1-2H3. The lowest BCUT2D eigenvalue weighted by atomic mass is 9.95. The van der Waals surface area contributed by atoms with Gasteiger partial charge in [0.05, 0.1) is 0 Å². The molecule has 1 atom stereocenters. The first kappa shape index (κ1) is 14.7. The molecule has 1 aromatic carbocycles. The summed E-state index contributed by atoms with van der Waals surface area (Å²) in [4.78, 5) is 4.03. The van der Waals surface area contributed by atoms with Crippen LogP contribution in [0.1, 0.15) is 36.1 Å². The van der Waals surface area contributed by atoms with Gasteiger partial charge in [0, 0.05) is 18.4 Å². The number of nitrogens with one attached hydrogen (secondary N) is 1. The molecule has 0 aliphatic heterocycles. The number of nitrogens with zero attached hydrogens (tertiary/aromatic N) is 1. The summed E-state index contributed by atoms with van der Waals surface area (Å²) in [6.07, 6.45) is 5.61. The van der Waals surface area contributed by atoms with E-state index in [-0.39, 0.29) is 11.9 Å². The molecule has 0 radical (unpaired) electrons. The molecule has 3 heteroatoms. The Morgan fingerprint density at radius 1 is 1.20 bits per heavy atom. The second-order valence-electron chi connectivity index (χ2n) is 5.01. The van der Waals surface area contributed by atoms with E-state index in [0.29, 0.717) is 0 Å². The van der Waals surface area contributed by atoms with Crippen molar-refractivity contribution >= 4 is 0 Å². The highest BCUT2D eigenvalue weighted by Crippen LogP contribution is 2.23. The van der Waals surface area contributed by atoms with Crippen LogP contribution in [-0.4, -0.2) is 11.5 Å². The minimum atomic E-state index is -0.171. The normalized spacial score (nSPS) is 12.3. The van der Waals surface area contributed by atoms with Gasteiger partial charge >= 0.3 is 0 Å². The topological polar surface area (TPSA) is 24.9 Å². The Labute approximate surface area is 120 Å². The predicted molar refractivity (Wildman–Crippen MR) is 80.1 cm³/mol. The van der Waals surface area contributed by atoms with Crippen LogP contribution in [0.15, 0.2) is 42.7 Å². The third-order valence-corrected chi connectivity index (χ3v) is 3.53. The zero-order valence-corrected chi connectivity index (χ0v) is 12.1. The van der Waals surface area contributed by atoms with E-state index < -0.39 is 0 Å². The summed E-state index contributed by atoms with van der Waals surface area (Å²) in [5.41, 5.74) is 3.47. The first-order valence-electron chi connectivity index (χ1n) is 7.09. The van der Waals surface area contributed by atoms with E-state index in [2.05, 4.69) is 17.2 Å². The molecule has 0 bridgehead atoms. The molecule has 1 unspecified atom stereocenters. The second kappa shape index (κ2) is 7.15. The highest BCUT2D eigenvalue weighted by atomic mass is 19.1. The molecule has 2 nitrogen and oxygen atoms in total. The van der Waals surface area contributed by atoms with Crippen molar-refractivity contribution in [3.63, 3.8) is 0 Å². The van der Waals surface area contributed by atoms with Gasteiger partial charge in [0.15, 0.2) is 0 Å². The number of benzene rings is 1. The average molecular weight is 272 g/mol. The maximum atomic E-state index is 13.2. The Hall–Kier alpha value is -1.74. The van der Waals surface area contributed by atoms with Crippen LogP contribution in [0.4, 0.5) is 4.39 Å². The number of pyridine rings is 1. The van der Waals surface area contributed by atoms with Crippen LogP contribution >= 0.6 is 0 Å². The van der Waals surface area contributed by atoms with Gasteiger partial charge in [0.2, 0.25) is 0 Å². The molecule has 0 saturated heterocycles. The summed E-state index contributed by atoms with van der Waals surface area (Å²) >= 11 is 0. The highest BCUT2D eigenvalue weighted by molar-refractivity contribution is 5.29. The number of hydrogen-bond donors (Lipinski definition) is 1. The van der Waals surface area contributed by atoms with Gasteiger partial charge in [-0.2, -0.15) is 0 Å². The second-order valence-corrected chi connectivity index (χ2v) is 5.01. The minimum absolute atomic E-state index is 0.171. The Balaban J connectivity index is 2.10. The van der Waals surface area contributed by atoms with Gasteiger partial charge in [-0.3, -0.25) is 4.98 Å². The first-order chi connectivity index (χ1) is 9.70. The van der Waals surface area contributed by atoms with Crippen molar-refractivity contribution in [3.05, 3.63) is 65.2 Å². The van der Waals surface area contributed by atoms with Crippen LogP contribution in [0, 0.1) is 12.7 Å². The van der Waals surface area contributed by atoms with Gasteiger partial charge in [-0.25, -0.2) is 4.39 Å². The SMILES string of the molecule is CCNC(CCc1ccncc1)c1ccc(F)cc1C. The zero-order valence-electron chi connectivity index (χ0n) is 12.1. The van der Waals surface area contributed by atoms with Crippen LogP contribution in [0.2, 0.25) is 0 Å². The smallest absolute Gasteiger partial charge is 0.123 e. The number of aryl methyl sites for hydroxylation is 2. The van der Waals surface area contributed by atoms with Gasteiger partial charge < -0.3 is 5.32 Å². The minimum Gasteiger partial charge on any atom is -0.310 e. The monoisotopic (exact) mass is 272 g/mol. The maximum absolute atomic E-state index is 13.2. The van der Waals surface area contributed by atoms with Gasteiger partial charge in [-0.05, 0) is 67.3 Å². The van der Waals surface area contributed by atoms with E-state index in [1.807, 2.05) is 37.5 Å². The molecule has 2 aromatic rings. The molecular weight excluding hydrogens is 251 g/mol. The zero-order chi connectivity index (χ0) is 14.4. The van der Waals surface area contributed by atoms with Crippen molar-refractivity contribution in [2.45, 2.75) is 32.7 Å². The molecule has 1 heterocycles. The molecular formula is C17H21FN2. The Kier molecular flexibility index (Phi) is 5.24. The van der Waals surface area contributed by atoms with Crippen LogP contribution in [0.5, 0.6) is 0 Å². The van der Waals surface area contributed by atoms with Gasteiger partial charge in [0.25, 0.3) is 0 Å². The van der Waals surface area contributed by atoms with Crippen molar-refractivity contribution in [3.8, 4) is 0 Å². The van der Waals surface area contributed by atoms with Crippen LogP contribution < -0.4 is 5.32 Å². The molecule has 0 spiro atoms. The Morgan fingerprint density at radius 3 is 2.60 bits per heavy atom. The maximum Gasteiger partial charge on any atom is 0.123 e. The molecule has 0 amide bonds. The fourth-order valence-electron chi connectivity index (χ4n) is 2.50. The summed E-state index contributed by atoms with van der Waals surface area (Å²) in [5, 5.41) is 3.49. The molecule has 1 aromatic heterocycles. The molecule has 2 rings (SSSR count). The van der Waals surface area contributed by atoms with Gasteiger partial charge in [0.1, 0.15) is 5.82 Å². The lowest BCUT2D eigenvalue weighted by molar-refractivity contribution is 0.511. The van der Waals surface area contributed by atoms with Gasteiger partial charge in [-0.1, -0.05) is 13.0 Å². The first-order valence-corrected chi connectivity index (χ1v) is 7.09. The summed E-state index contributed by atoms with van der Waals surface area (Å²) in [6.45, 7) is 4.96. The van der Waals surface area contributed by atoms with E-state index in [4.69, 9.17) is 0 Å². The average Bonchev–Trinajstić information content (AvgIpc) is 2.45. The molecule has 0 fully saturated rings. The van der Waals surface area contributed by atoms with Crippen molar-refractivity contribution in [1.29, 1.82) is 0 Å². The number of halogens is 1. The van der Waals surface area contributed by atoms with E-state index in [9.17, 15) is 4.39 Å². The molecule has 1 N–H and O–H groups in total. The fraction of sp³-hybridized carbons (Fsp3) is 0.353. The van der Waals surface area contributed by atoms with E-state index >= 15 is 0 Å². The number of rotatable bonds is 6. The van der Waals surface area contributed by atoms with Gasteiger partial charge in [-0.15, -0.1) is 0 Å². The fourth-order valence-corrected chi connectivity index (χ4v) is 2.50.